The molecule has 1 aromatic carbocycles. The molecule has 1 heterocycles. The van der Waals surface area contributed by atoms with E-state index in [0.29, 0.717) is 11.0 Å². The monoisotopic (exact) mass is 291 g/mol. The van der Waals surface area contributed by atoms with Gasteiger partial charge in [0.25, 0.3) is 0 Å². The lowest BCUT2D eigenvalue weighted by Gasteiger charge is -2.26. The number of para-hydroxylation sites is 1. The smallest absolute Gasteiger partial charge is 0.201 e. The summed E-state index contributed by atoms with van der Waals surface area (Å²) in [5.41, 5.74) is 7.93. The van der Waals surface area contributed by atoms with Crippen molar-refractivity contribution in [2.45, 2.75) is 45.6 Å². The highest BCUT2D eigenvalue weighted by Gasteiger charge is 2.19. The number of hydrogen-bond donors (Lipinski definition) is 1. The SMILES string of the molecule is CC1CCC(CCn2c(N)nc3c(Cl)cccc32)CC1. The number of nitrogens with zero attached hydrogens (tertiary/aromatic N) is 2. The highest BCUT2D eigenvalue weighted by molar-refractivity contribution is 6.35. The number of nitrogens with two attached hydrogens (primary N) is 1. The largest absolute Gasteiger partial charge is 0.369 e. The van der Waals surface area contributed by atoms with Crippen molar-refractivity contribution in [2.75, 3.05) is 5.73 Å². The maximum absolute atomic E-state index is 6.18. The first-order valence-electron chi connectivity index (χ1n) is 7.55. The third-order valence-corrected chi connectivity index (χ3v) is 4.96. The van der Waals surface area contributed by atoms with Gasteiger partial charge in [0.2, 0.25) is 5.95 Å². The first-order valence-corrected chi connectivity index (χ1v) is 7.93. The van der Waals surface area contributed by atoms with E-state index < -0.39 is 0 Å². The number of aromatic nitrogens is 2. The molecule has 0 unspecified atom stereocenters. The summed E-state index contributed by atoms with van der Waals surface area (Å²) in [7, 11) is 0. The van der Waals surface area contributed by atoms with E-state index in [2.05, 4.69) is 16.5 Å². The van der Waals surface area contributed by atoms with E-state index in [9.17, 15) is 0 Å². The average molecular weight is 292 g/mol. The van der Waals surface area contributed by atoms with Crippen molar-refractivity contribution in [3.05, 3.63) is 23.2 Å². The standard InChI is InChI=1S/C16H22ClN3/c1-11-5-7-12(8-6-11)9-10-20-14-4-2-3-13(17)15(14)19-16(20)18/h2-4,11-12H,5-10H2,1H3,(H2,18,19). The number of rotatable bonds is 3. The second-order valence-corrected chi connectivity index (χ2v) is 6.55. The minimum atomic E-state index is 0.581. The Labute approximate surface area is 125 Å². The Morgan fingerprint density at radius 2 is 2.05 bits per heavy atom. The van der Waals surface area contributed by atoms with Gasteiger partial charge in [-0.25, -0.2) is 4.98 Å². The molecule has 1 aliphatic carbocycles. The summed E-state index contributed by atoms with van der Waals surface area (Å²) >= 11 is 6.18. The van der Waals surface area contributed by atoms with Gasteiger partial charge in [0, 0.05) is 6.54 Å². The molecule has 1 fully saturated rings. The highest BCUT2D eigenvalue weighted by atomic mass is 35.5. The summed E-state index contributed by atoms with van der Waals surface area (Å²) in [4.78, 5) is 4.40. The molecular formula is C16H22ClN3. The van der Waals surface area contributed by atoms with Crippen LogP contribution in [0.1, 0.15) is 39.0 Å². The molecule has 1 saturated carbocycles. The van der Waals surface area contributed by atoms with Crippen LogP contribution in [0.4, 0.5) is 5.95 Å². The topological polar surface area (TPSA) is 43.8 Å². The lowest BCUT2D eigenvalue weighted by molar-refractivity contribution is 0.270. The third-order valence-electron chi connectivity index (χ3n) is 4.66. The Kier molecular flexibility index (Phi) is 3.88. The molecular weight excluding hydrogens is 270 g/mol. The summed E-state index contributed by atoms with van der Waals surface area (Å²) in [6.07, 6.45) is 6.64. The first kappa shape index (κ1) is 13.7. The molecule has 3 nitrogen and oxygen atoms in total. The molecule has 1 aliphatic rings. The van der Waals surface area contributed by atoms with Gasteiger partial charge >= 0.3 is 0 Å². The van der Waals surface area contributed by atoms with E-state index in [1.165, 1.54) is 32.1 Å². The van der Waals surface area contributed by atoms with Gasteiger partial charge in [0.15, 0.2) is 0 Å². The molecule has 0 atom stereocenters. The predicted octanol–water partition coefficient (Wildman–Crippen LogP) is 4.49. The van der Waals surface area contributed by atoms with Crippen molar-refractivity contribution < 1.29 is 0 Å². The van der Waals surface area contributed by atoms with Crippen molar-refractivity contribution in [3.8, 4) is 0 Å². The van der Waals surface area contributed by atoms with Crippen molar-refractivity contribution in [3.63, 3.8) is 0 Å². The molecule has 3 rings (SSSR count). The Bertz CT molecular complexity index is 597. The molecule has 0 aliphatic heterocycles. The minimum Gasteiger partial charge on any atom is -0.369 e. The number of benzene rings is 1. The van der Waals surface area contributed by atoms with E-state index in [1.807, 2.05) is 18.2 Å². The second-order valence-electron chi connectivity index (χ2n) is 6.14. The number of halogens is 1. The Hall–Kier alpha value is -1.22. The van der Waals surface area contributed by atoms with Crippen LogP contribution in [0.3, 0.4) is 0 Å². The third kappa shape index (κ3) is 2.64. The molecule has 0 bridgehead atoms. The molecule has 0 amide bonds. The van der Waals surface area contributed by atoms with E-state index in [-0.39, 0.29) is 0 Å². The minimum absolute atomic E-state index is 0.581. The molecule has 2 N–H and O–H groups in total. The number of hydrogen-bond acceptors (Lipinski definition) is 2. The quantitative estimate of drug-likeness (QED) is 0.905. The van der Waals surface area contributed by atoms with Crippen LogP contribution in [-0.4, -0.2) is 9.55 Å². The molecule has 20 heavy (non-hydrogen) atoms. The maximum atomic E-state index is 6.18. The zero-order valence-corrected chi connectivity index (χ0v) is 12.7. The molecule has 1 aromatic heterocycles. The lowest BCUT2D eigenvalue weighted by Crippen LogP contribution is -2.15. The van der Waals surface area contributed by atoms with Crippen LogP contribution in [0.2, 0.25) is 5.02 Å². The van der Waals surface area contributed by atoms with E-state index in [1.54, 1.807) is 0 Å². The molecule has 108 valence electrons. The Balaban J connectivity index is 1.74. The maximum Gasteiger partial charge on any atom is 0.201 e. The van der Waals surface area contributed by atoms with Gasteiger partial charge in [-0.05, 0) is 30.4 Å². The van der Waals surface area contributed by atoms with Gasteiger partial charge in [-0.1, -0.05) is 50.3 Å². The van der Waals surface area contributed by atoms with Crippen LogP contribution >= 0.6 is 11.6 Å². The van der Waals surface area contributed by atoms with Gasteiger partial charge in [-0.15, -0.1) is 0 Å². The van der Waals surface area contributed by atoms with Crippen molar-refractivity contribution in [1.82, 2.24) is 9.55 Å². The van der Waals surface area contributed by atoms with E-state index >= 15 is 0 Å². The van der Waals surface area contributed by atoms with Gasteiger partial charge in [-0.2, -0.15) is 0 Å². The van der Waals surface area contributed by atoms with E-state index in [4.69, 9.17) is 17.3 Å². The van der Waals surface area contributed by atoms with Gasteiger partial charge < -0.3 is 10.3 Å². The van der Waals surface area contributed by atoms with Gasteiger partial charge in [0.1, 0.15) is 5.52 Å². The molecule has 2 aromatic rings. The van der Waals surface area contributed by atoms with Crippen molar-refractivity contribution >= 4 is 28.6 Å². The van der Waals surface area contributed by atoms with Crippen LogP contribution in [0, 0.1) is 11.8 Å². The number of anilines is 1. The van der Waals surface area contributed by atoms with Crippen molar-refractivity contribution in [1.29, 1.82) is 0 Å². The van der Waals surface area contributed by atoms with Crippen LogP contribution in [0.5, 0.6) is 0 Å². The average Bonchev–Trinajstić information content (AvgIpc) is 2.76. The number of aryl methyl sites for hydroxylation is 1. The highest BCUT2D eigenvalue weighted by Crippen LogP contribution is 2.32. The predicted molar refractivity (Wildman–Crippen MR) is 84.9 cm³/mol. The summed E-state index contributed by atoms with van der Waals surface area (Å²) in [5.74, 6) is 2.32. The molecule has 4 heteroatoms. The zero-order valence-electron chi connectivity index (χ0n) is 12.0. The fraction of sp³-hybridized carbons (Fsp3) is 0.562. The normalized spacial score (nSPS) is 23.3. The number of fused-ring (bicyclic) bond motifs is 1. The number of nitrogen functional groups attached to an aromatic ring is 1. The second kappa shape index (κ2) is 5.65. The molecule has 0 spiro atoms. The molecule has 0 saturated heterocycles. The fourth-order valence-corrected chi connectivity index (χ4v) is 3.51. The van der Waals surface area contributed by atoms with Crippen LogP contribution in [-0.2, 0) is 6.54 Å². The van der Waals surface area contributed by atoms with Crippen LogP contribution in [0.25, 0.3) is 11.0 Å². The van der Waals surface area contributed by atoms with Crippen molar-refractivity contribution in [2.24, 2.45) is 11.8 Å². The Morgan fingerprint density at radius 3 is 2.80 bits per heavy atom. The Morgan fingerprint density at radius 1 is 1.30 bits per heavy atom. The lowest BCUT2D eigenvalue weighted by atomic mass is 9.81. The number of imidazole rings is 1. The summed E-state index contributed by atoms with van der Waals surface area (Å²) in [6.45, 7) is 3.31. The van der Waals surface area contributed by atoms with E-state index in [0.717, 1.165) is 29.4 Å². The first-order chi connectivity index (χ1) is 9.65. The van der Waals surface area contributed by atoms with Crippen LogP contribution in [0.15, 0.2) is 18.2 Å². The zero-order chi connectivity index (χ0) is 14.1. The summed E-state index contributed by atoms with van der Waals surface area (Å²) in [5, 5.41) is 0.680. The van der Waals surface area contributed by atoms with Gasteiger partial charge in [-0.3, -0.25) is 0 Å². The van der Waals surface area contributed by atoms with Crippen LogP contribution < -0.4 is 5.73 Å². The summed E-state index contributed by atoms with van der Waals surface area (Å²) in [6, 6.07) is 5.88. The van der Waals surface area contributed by atoms with Gasteiger partial charge in [0.05, 0.1) is 10.5 Å². The molecule has 0 radical (unpaired) electrons. The summed E-state index contributed by atoms with van der Waals surface area (Å²) < 4.78 is 2.11. The fourth-order valence-electron chi connectivity index (χ4n) is 3.30.